The monoisotopic (exact) mass is 553 g/mol. The van der Waals surface area contributed by atoms with Crippen LogP contribution in [-0.2, 0) is 4.79 Å². The molecule has 1 heterocycles. The van der Waals surface area contributed by atoms with Crippen molar-refractivity contribution in [3.63, 3.8) is 0 Å². The number of nitrogens with zero attached hydrogens (tertiary/aromatic N) is 1. The number of hydrogen-bond donors (Lipinski definition) is 0. The van der Waals surface area contributed by atoms with E-state index in [0.29, 0.717) is 35.3 Å². The second kappa shape index (κ2) is 8.73. The van der Waals surface area contributed by atoms with E-state index in [1.807, 2.05) is 36.4 Å². The van der Waals surface area contributed by atoms with Gasteiger partial charge in [0.15, 0.2) is 11.6 Å². The van der Waals surface area contributed by atoms with Crippen LogP contribution in [0.5, 0.6) is 5.75 Å². The van der Waals surface area contributed by atoms with E-state index >= 15 is 0 Å². The zero-order valence-electron chi connectivity index (χ0n) is 20.5. The number of allylic oxidation sites excluding steroid dienone is 2. The minimum Gasteiger partial charge on any atom is -0.423 e. The normalized spacial score (nSPS) is 21.6. The summed E-state index contributed by atoms with van der Waals surface area (Å²) in [5.74, 6) is -0.987. The number of aliphatic imine (C=N–C) groups is 1. The lowest BCUT2D eigenvalue weighted by molar-refractivity contribution is -0.118. The first kappa shape index (κ1) is 23.7. The molecule has 0 aromatic heterocycles. The number of Topliss-reactive ketones (excluding diaryl/α,β-unsaturated/α-hetero) is 2. The van der Waals surface area contributed by atoms with E-state index in [2.05, 4.69) is 29.8 Å². The molecule has 0 spiro atoms. The van der Waals surface area contributed by atoms with Crippen molar-refractivity contribution in [2.24, 2.45) is 16.3 Å². The topological polar surface area (TPSA) is 72.8 Å². The number of esters is 1. The molecule has 2 atom stereocenters. The number of fused-ring (bicyclic) bond motifs is 3. The zero-order valence-corrected chi connectivity index (χ0v) is 22.0. The van der Waals surface area contributed by atoms with E-state index in [-0.39, 0.29) is 17.0 Å². The largest absolute Gasteiger partial charge is 0.423 e. The number of halogens is 1. The van der Waals surface area contributed by atoms with E-state index in [1.165, 1.54) is 0 Å². The molecule has 3 aromatic carbocycles. The molecule has 0 radical (unpaired) electrons. The standard InChI is InChI=1S/C31H24BrNO4/c1-31(2)15-23-26(24(34)16-31)25(27-28(33-23)21-5-3-4-6-22(21)29(27)35)17-9-13-20(14-10-17)37-30(36)18-7-11-19(32)12-8-18/h3-14,25,27H,15-16H2,1-2H3. The first-order valence-corrected chi connectivity index (χ1v) is 13.1. The minimum absolute atomic E-state index is 0.00530. The van der Waals surface area contributed by atoms with Crippen molar-refractivity contribution >= 4 is 39.2 Å². The van der Waals surface area contributed by atoms with Crippen LogP contribution >= 0.6 is 15.9 Å². The maximum atomic E-state index is 13.6. The highest BCUT2D eigenvalue weighted by Gasteiger charge is 2.50. The lowest BCUT2D eigenvalue weighted by atomic mass is 9.66. The number of carbonyl (C=O) groups is 3. The molecule has 6 rings (SSSR count). The summed E-state index contributed by atoms with van der Waals surface area (Å²) in [5.41, 5.74) is 4.78. The van der Waals surface area contributed by atoms with Gasteiger partial charge in [0.2, 0.25) is 0 Å². The summed E-state index contributed by atoms with van der Waals surface area (Å²) >= 11 is 3.36. The highest BCUT2D eigenvalue weighted by atomic mass is 79.9. The summed E-state index contributed by atoms with van der Waals surface area (Å²) in [6.45, 7) is 4.16. The molecular weight excluding hydrogens is 530 g/mol. The van der Waals surface area contributed by atoms with Gasteiger partial charge in [-0.1, -0.05) is 66.2 Å². The molecule has 37 heavy (non-hydrogen) atoms. The molecule has 0 fully saturated rings. The Morgan fingerprint density at radius 2 is 1.57 bits per heavy atom. The molecule has 2 aliphatic carbocycles. The number of rotatable bonds is 3. The van der Waals surface area contributed by atoms with Gasteiger partial charge >= 0.3 is 5.97 Å². The van der Waals surface area contributed by atoms with Gasteiger partial charge in [0.25, 0.3) is 0 Å². The van der Waals surface area contributed by atoms with Crippen molar-refractivity contribution in [3.05, 3.63) is 111 Å². The van der Waals surface area contributed by atoms with Crippen LogP contribution in [0, 0.1) is 11.3 Å². The Hall–Kier alpha value is -3.64. The maximum absolute atomic E-state index is 13.6. The average molecular weight is 554 g/mol. The number of hydrogen-bond acceptors (Lipinski definition) is 5. The van der Waals surface area contributed by atoms with Gasteiger partial charge in [0.05, 0.1) is 17.2 Å². The second-order valence-corrected chi connectivity index (χ2v) is 11.5. The number of benzene rings is 3. The molecule has 0 saturated heterocycles. The first-order chi connectivity index (χ1) is 17.7. The third-order valence-corrected chi connectivity index (χ3v) is 7.90. The molecule has 0 saturated carbocycles. The predicted molar refractivity (Wildman–Crippen MR) is 144 cm³/mol. The Bertz CT molecular complexity index is 1530. The van der Waals surface area contributed by atoms with E-state index in [0.717, 1.165) is 27.0 Å². The van der Waals surface area contributed by atoms with Gasteiger partial charge in [-0.25, -0.2) is 4.79 Å². The van der Waals surface area contributed by atoms with Crippen molar-refractivity contribution in [2.45, 2.75) is 32.6 Å². The van der Waals surface area contributed by atoms with Gasteiger partial charge in [0, 0.05) is 39.2 Å². The summed E-state index contributed by atoms with van der Waals surface area (Å²) in [6, 6.07) is 21.7. The lowest BCUT2D eigenvalue weighted by Crippen LogP contribution is -2.37. The van der Waals surface area contributed by atoms with E-state index < -0.39 is 17.8 Å². The highest BCUT2D eigenvalue weighted by Crippen LogP contribution is 2.51. The van der Waals surface area contributed by atoms with Crippen molar-refractivity contribution in [1.82, 2.24) is 0 Å². The molecule has 0 N–H and O–H groups in total. The van der Waals surface area contributed by atoms with Crippen LogP contribution in [0.1, 0.15) is 64.4 Å². The Morgan fingerprint density at radius 3 is 2.27 bits per heavy atom. The molecular formula is C31H24BrNO4. The van der Waals surface area contributed by atoms with Crippen LogP contribution in [0.4, 0.5) is 0 Å². The lowest BCUT2D eigenvalue weighted by Gasteiger charge is -2.38. The van der Waals surface area contributed by atoms with Crippen molar-refractivity contribution in [2.75, 3.05) is 0 Å². The summed E-state index contributed by atoms with van der Waals surface area (Å²) in [7, 11) is 0. The molecule has 5 nitrogen and oxygen atoms in total. The average Bonchev–Trinajstić information content (AvgIpc) is 3.15. The van der Waals surface area contributed by atoms with Crippen LogP contribution in [-0.4, -0.2) is 23.2 Å². The summed E-state index contributed by atoms with van der Waals surface area (Å²) in [6.07, 6.45) is 1.10. The SMILES string of the molecule is CC1(C)CC(=O)C2=C(C1)N=C1c3ccccc3C(=O)C1C2c1ccc(OC(=O)c2ccc(Br)cc2)cc1. The van der Waals surface area contributed by atoms with Crippen LogP contribution in [0.2, 0.25) is 0 Å². The zero-order chi connectivity index (χ0) is 25.9. The van der Waals surface area contributed by atoms with E-state index in [9.17, 15) is 14.4 Å². The Labute approximate surface area is 223 Å². The van der Waals surface area contributed by atoms with Crippen LogP contribution < -0.4 is 4.74 Å². The molecule has 3 aliphatic rings. The smallest absolute Gasteiger partial charge is 0.343 e. The van der Waals surface area contributed by atoms with E-state index in [4.69, 9.17) is 9.73 Å². The van der Waals surface area contributed by atoms with Crippen LogP contribution in [0.25, 0.3) is 0 Å². The van der Waals surface area contributed by atoms with Gasteiger partial charge in [-0.2, -0.15) is 0 Å². The van der Waals surface area contributed by atoms with Gasteiger partial charge < -0.3 is 4.74 Å². The van der Waals surface area contributed by atoms with Gasteiger partial charge in [-0.3, -0.25) is 14.6 Å². The Kier molecular flexibility index (Phi) is 5.60. The van der Waals surface area contributed by atoms with Crippen molar-refractivity contribution in [1.29, 1.82) is 0 Å². The Morgan fingerprint density at radius 1 is 0.892 bits per heavy atom. The number of carbonyl (C=O) groups excluding carboxylic acids is 3. The Balaban J connectivity index is 1.38. The molecule has 0 bridgehead atoms. The summed E-state index contributed by atoms with van der Waals surface area (Å²) < 4.78 is 6.45. The fraction of sp³-hybridized carbons (Fsp3) is 0.226. The third kappa shape index (κ3) is 4.09. The minimum atomic E-state index is -0.544. The van der Waals surface area contributed by atoms with E-state index in [1.54, 1.807) is 36.4 Å². The quantitative estimate of drug-likeness (QED) is 0.267. The third-order valence-electron chi connectivity index (χ3n) is 7.37. The molecule has 1 aliphatic heterocycles. The summed E-state index contributed by atoms with van der Waals surface area (Å²) in [5, 5.41) is 0. The van der Waals surface area contributed by atoms with Crippen molar-refractivity contribution in [3.8, 4) is 5.75 Å². The van der Waals surface area contributed by atoms with Gasteiger partial charge in [-0.05, 0) is 53.8 Å². The predicted octanol–water partition coefficient (Wildman–Crippen LogP) is 6.71. The molecule has 184 valence electrons. The highest BCUT2D eigenvalue weighted by molar-refractivity contribution is 9.10. The molecule has 3 aromatic rings. The number of ketones is 2. The van der Waals surface area contributed by atoms with Crippen LogP contribution in [0.3, 0.4) is 0 Å². The van der Waals surface area contributed by atoms with Gasteiger partial charge in [-0.15, -0.1) is 0 Å². The van der Waals surface area contributed by atoms with Crippen LogP contribution in [0.15, 0.2) is 93.5 Å². The van der Waals surface area contributed by atoms with Crippen molar-refractivity contribution < 1.29 is 19.1 Å². The summed E-state index contributed by atoms with van der Waals surface area (Å²) in [4.78, 5) is 44.6. The van der Waals surface area contributed by atoms with Gasteiger partial charge in [0.1, 0.15) is 5.75 Å². The fourth-order valence-electron chi connectivity index (χ4n) is 5.74. The fourth-order valence-corrected chi connectivity index (χ4v) is 6.00. The first-order valence-electron chi connectivity index (χ1n) is 12.3. The molecule has 2 unspecified atom stereocenters. The second-order valence-electron chi connectivity index (χ2n) is 10.6. The number of ether oxygens (including phenoxy) is 1. The molecule has 0 amide bonds. The molecule has 6 heteroatoms. The maximum Gasteiger partial charge on any atom is 0.343 e.